The van der Waals surface area contributed by atoms with Gasteiger partial charge in [-0.05, 0) is 32.1 Å². The average Bonchev–Trinajstić information content (AvgIpc) is 2.59. The van der Waals surface area contributed by atoms with Gasteiger partial charge in [0, 0.05) is 20.1 Å². The highest BCUT2D eigenvalue weighted by Crippen LogP contribution is 2.49. The van der Waals surface area contributed by atoms with Gasteiger partial charge in [-0.2, -0.15) is 5.26 Å². The van der Waals surface area contributed by atoms with Crippen LogP contribution in [0.5, 0.6) is 0 Å². The molecule has 1 rings (SSSR count). The maximum atomic E-state index is 10.4. The van der Waals surface area contributed by atoms with Gasteiger partial charge in [-0.25, -0.2) is 0 Å². The van der Waals surface area contributed by atoms with Crippen LogP contribution in [0.15, 0.2) is 0 Å². The lowest BCUT2D eigenvalue weighted by atomic mass is 9.70. The van der Waals surface area contributed by atoms with Crippen molar-refractivity contribution >= 4 is 0 Å². The topological polar surface area (TPSA) is 53.2 Å². The van der Waals surface area contributed by atoms with E-state index >= 15 is 0 Å². The van der Waals surface area contributed by atoms with Crippen molar-refractivity contribution in [1.82, 2.24) is 0 Å². The molecule has 0 saturated heterocycles. The first-order valence-corrected chi connectivity index (χ1v) is 5.60. The molecule has 0 bridgehead atoms. The number of hydrogen-bond acceptors (Lipinski definition) is 3. The number of methoxy groups -OCH3 is 1. The summed E-state index contributed by atoms with van der Waals surface area (Å²) in [5.41, 5.74) is -1.49. The highest BCUT2D eigenvalue weighted by Gasteiger charge is 2.50. The molecule has 0 heterocycles. The van der Waals surface area contributed by atoms with Crippen molar-refractivity contribution in [2.75, 3.05) is 13.7 Å². The summed E-state index contributed by atoms with van der Waals surface area (Å²) in [6, 6.07) is 2.35. The quantitative estimate of drug-likeness (QED) is 0.774. The van der Waals surface area contributed by atoms with Gasteiger partial charge < -0.3 is 9.84 Å². The molecule has 86 valence electrons. The Morgan fingerprint density at radius 2 is 2.33 bits per heavy atom. The van der Waals surface area contributed by atoms with E-state index in [1.807, 2.05) is 0 Å². The summed E-state index contributed by atoms with van der Waals surface area (Å²) in [4.78, 5) is 0. The normalized spacial score (nSPS) is 34.7. The first-order valence-electron chi connectivity index (χ1n) is 5.60. The van der Waals surface area contributed by atoms with Gasteiger partial charge in [-0.1, -0.05) is 6.92 Å². The largest absolute Gasteiger partial charge is 0.388 e. The van der Waals surface area contributed by atoms with Crippen LogP contribution in [0.25, 0.3) is 0 Å². The van der Waals surface area contributed by atoms with Crippen LogP contribution in [-0.4, -0.2) is 24.4 Å². The van der Waals surface area contributed by atoms with Gasteiger partial charge in [0.25, 0.3) is 0 Å². The summed E-state index contributed by atoms with van der Waals surface area (Å²) >= 11 is 0. The Labute approximate surface area is 92.0 Å². The van der Waals surface area contributed by atoms with E-state index in [2.05, 4.69) is 13.0 Å². The van der Waals surface area contributed by atoms with E-state index in [4.69, 9.17) is 4.74 Å². The van der Waals surface area contributed by atoms with Gasteiger partial charge in [-0.3, -0.25) is 0 Å². The van der Waals surface area contributed by atoms with Crippen LogP contribution in [0.4, 0.5) is 0 Å². The molecule has 0 spiro atoms. The summed E-state index contributed by atoms with van der Waals surface area (Å²) in [6.07, 6.45) is 3.18. The highest BCUT2D eigenvalue weighted by atomic mass is 16.5. The fraction of sp³-hybridized carbons (Fsp3) is 0.917. The fourth-order valence-electron chi connectivity index (χ4n) is 2.54. The number of nitrogens with zero attached hydrogens (tertiary/aromatic N) is 1. The Hall–Kier alpha value is -0.590. The molecule has 15 heavy (non-hydrogen) atoms. The summed E-state index contributed by atoms with van der Waals surface area (Å²) in [6.45, 7) is 4.42. The summed E-state index contributed by atoms with van der Waals surface area (Å²) in [5.74, 6) is 0.540. The van der Waals surface area contributed by atoms with Crippen LogP contribution in [0.3, 0.4) is 0 Å². The van der Waals surface area contributed by atoms with Crippen LogP contribution in [0.2, 0.25) is 0 Å². The molecule has 0 aromatic carbocycles. The van der Waals surface area contributed by atoms with Crippen molar-refractivity contribution in [2.45, 2.75) is 45.1 Å². The number of rotatable bonds is 4. The third-order valence-electron chi connectivity index (χ3n) is 3.80. The Morgan fingerprint density at radius 1 is 1.67 bits per heavy atom. The lowest BCUT2D eigenvalue weighted by Gasteiger charge is -2.37. The molecule has 0 aromatic heterocycles. The predicted molar refractivity (Wildman–Crippen MR) is 58.2 cm³/mol. The van der Waals surface area contributed by atoms with Crippen molar-refractivity contribution in [2.24, 2.45) is 11.3 Å². The van der Waals surface area contributed by atoms with Gasteiger partial charge in [0.1, 0.15) is 0 Å². The molecule has 0 aliphatic heterocycles. The fourth-order valence-corrected chi connectivity index (χ4v) is 2.54. The summed E-state index contributed by atoms with van der Waals surface area (Å²) in [5, 5.41) is 19.7. The maximum absolute atomic E-state index is 10.4. The first kappa shape index (κ1) is 12.5. The molecule has 1 saturated carbocycles. The van der Waals surface area contributed by atoms with E-state index in [9.17, 15) is 10.4 Å². The number of ether oxygens (including phenoxy) is 1. The number of nitriles is 1. The SMILES string of the molecule is COCCC(C)(O)C1(C#N)CCC(C)C1. The Bertz CT molecular complexity index is 257. The van der Waals surface area contributed by atoms with Gasteiger partial charge in [0.15, 0.2) is 0 Å². The van der Waals surface area contributed by atoms with E-state index in [-0.39, 0.29) is 0 Å². The third kappa shape index (κ3) is 2.32. The Morgan fingerprint density at radius 3 is 2.73 bits per heavy atom. The van der Waals surface area contributed by atoms with Gasteiger partial charge in [0.05, 0.1) is 17.1 Å². The van der Waals surface area contributed by atoms with E-state index in [0.29, 0.717) is 18.9 Å². The lowest BCUT2D eigenvalue weighted by molar-refractivity contribution is -0.0582. The zero-order valence-electron chi connectivity index (χ0n) is 9.92. The summed E-state index contributed by atoms with van der Waals surface area (Å²) in [7, 11) is 1.62. The second-order valence-electron chi connectivity index (χ2n) is 5.06. The van der Waals surface area contributed by atoms with E-state index in [0.717, 1.165) is 19.3 Å². The lowest BCUT2D eigenvalue weighted by Crippen LogP contribution is -2.44. The van der Waals surface area contributed by atoms with Crippen molar-refractivity contribution < 1.29 is 9.84 Å². The molecule has 1 aliphatic rings. The molecule has 1 aliphatic carbocycles. The predicted octanol–water partition coefficient (Wildman–Crippen LogP) is 2.10. The molecule has 1 N–H and O–H groups in total. The van der Waals surface area contributed by atoms with Gasteiger partial charge in [0.2, 0.25) is 0 Å². The Balaban J connectivity index is 2.77. The molecule has 3 unspecified atom stereocenters. The zero-order valence-corrected chi connectivity index (χ0v) is 9.92. The average molecular weight is 211 g/mol. The second kappa shape index (κ2) is 4.51. The molecule has 0 radical (unpaired) electrons. The van der Waals surface area contributed by atoms with Crippen molar-refractivity contribution in [3.05, 3.63) is 0 Å². The minimum atomic E-state index is -0.928. The number of hydrogen-bond donors (Lipinski definition) is 1. The van der Waals surface area contributed by atoms with E-state index in [1.54, 1.807) is 14.0 Å². The van der Waals surface area contributed by atoms with Gasteiger partial charge >= 0.3 is 0 Å². The minimum Gasteiger partial charge on any atom is -0.388 e. The first-order chi connectivity index (χ1) is 6.97. The molecule has 3 nitrogen and oxygen atoms in total. The standard InChI is InChI=1S/C12H21NO2/c1-10-4-5-12(8-10,9-13)11(2,14)6-7-15-3/h10,14H,4-8H2,1-3H3. The van der Waals surface area contributed by atoms with Crippen molar-refractivity contribution in [3.8, 4) is 6.07 Å². The molecule has 0 aromatic rings. The Kier molecular flexibility index (Phi) is 3.75. The van der Waals surface area contributed by atoms with Crippen LogP contribution in [0, 0.1) is 22.7 Å². The van der Waals surface area contributed by atoms with Crippen LogP contribution >= 0.6 is 0 Å². The minimum absolute atomic E-state index is 0.505. The summed E-state index contributed by atoms with van der Waals surface area (Å²) < 4.78 is 4.98. The van der Waals surface area contributed by atoms with Crippen molar-refractivity contribution in [3.63, 3.8) is 0 Å². The molecule has 3 atom stereocenters. The van der Waals surface area contributed by atoms with Crippen LogP contribution in [-0.2, 0) is 4.74 Å². The van der Waals surface area contributed by atoms with Crippen LogP contribution < -0.4 is 0 Å². The molecular weight excluding hydrogens is 190 g/mol. The zero-order chi connectivity index (χ0) is 11.5. The smallest absolute Gasteiger partial charge is 0.0861 e. The highest BCUT2D eigenvalue weighted by molar-refractivity contribution is 5.13. The third-order valence-corrected chi connectivity index (χ3v) is 3.80. The molecule has 1 fully saturated rings. The number of aliphatic hydroxyl groups is 1. The van der Waals surface area contributed by atoms with E-state index in [1.165, 1.54) is 0 Å². The maximum Gasteiger partial charge on any atom is 0.0861 e. The van der Waals surface area contributed by atoms with E-state index < -0.39 is 11.0 Å². The monoisotopic (exact) mass is 211 g/mol. The molecule has 0 amide bonds. The van der Waals surface area contributed by atoms with Crippen molar-refractivity contribution in [1.29, 1.82) is 5.26 Å². The second-order valence-corrected chi connectivity index (χ2v) is 5.06. The van der Waals surface area contributed by atoms with Gasteiger partial charge in [-0.15, -0.1) is 0 Å². The molecule has 3 heteroatoms. The van der Waals surface area contributed by atoms with Crippen LogP contribution in [0.1, 0.15) is 39.5 Å². The molecular formula is C12H21NO2.